The zero-order valence-electron chi connectivity index (χ0n) is 36.9. The van der Waals surface area contributed by atoms with E-state index in [1.165, 1.54) is 132 Å². The number of rotatable bonds is 3. The number of para-hydroxylation sites is 1. The Labute approximate surface area is 378 Å². The summed E-state index contributed by atoms with van der Waals surface area (Å²) in [5, 5.41) is 12.6. The fourth-order valence-corrected chi connectivity index (χ4v) is 12.4. The van der Waals surface area contributed by atoms with Crippen LogP contribution in [-0.4, -0.2) is 0 Å². The van der Waals surface area contributed by atoms with E-state index in [9.17, 15) is 0 Å². The molecule has 65 heavy (non-hydrogen) atoms. The molecule has 1 aromatic heterocycles. The molecule has 0 saturated heterocycles. The molecule has 0 N–H and O–H groups in total. The van der Waals surface area contributed by atoms with Gasteiger partial charge in [0.1, 0.15) is 11.2 Å². The lowest BCUT2D eigenvalue weighted by molar-refractivity contribution is 0.660. The van der Waals surface area contributed by atoms with Crippen molar-refractivity contribution in [3.05, 3.63) is 216 Å². The third-order valence-electron chi connectivity index (χ3n) is 15.4. The predicted octanol–water partition coefficient (Wildman–Crippen LogP) is 17.8. The molecule has 0 fully saturated rings. The fraction of sp³-hybridized carbons (Fsp3) is 0.0938. The highest BCUT2D eigenvalue weighted by Crippen LogP contribution is 2.55. The molecule has 14 rings (SSSR count). The Hall–Kier alpha value is -7.74. The third kappa shape index (κ3) is 4.93. The van der Waals surface area contributed by atoms with Crippen molar-refractivity contribution >= 4 is 65.0 Å². The Balaban J connectivity index is 0.896. The van der Waals surface area contributed by atoms with E-state index in [4.69, 9.17) is 4.42 Å². The summed E-state index contributed by atoms with van der Waals surface area (Å²) in [5.74, 6) is 0. The van der Waals surface area contributed by atoms with Crippen LogP contribution in [0.2, 0.25) is 0 Å². The number of hydrogen-bond acceptors (Lipinski definition) is 1. The van der Waals surface area contributed by atoms with Gasteiger partial charge in [0.15, 0.2) is 0 Å². The van der Waals surface area contributed by atoms with Gasteiger partial charge in [0.05, 0.1) is 0 Å². The van der Waals surface area contributed by atoms with Crippen LogP contribution in [0.25, 0.3) is 121 Å². The van der Waals surface area contributed by atoms with Gasteiger partial charge in [-0.05, 0) is 151 Å². The van der Waals surface area contributed by atoms with E-state index in [0.29, 0.717) is 0 Å². The summed E-state index contributed by atoms with van der Waals surface area (Å²) in [5.41, 5.74) is 20.1. The second kappa shape index (κ2) is 12.9. The normalized spacial score (nSPS) is 14.4. The summed E-state index contributed by atoms with van der Waals surface area (Å²) in [6.07, 6.45) is 0. The third-order valence-corrected chi connectivity index (χ3v) is 15.4. The largest absolute Gasteiger partial charge is 0.456 e. The smallest absolute Gasteiger partial charge is 0.136 e. The Morgan fingerprint density at radius 2 is 0.862 bits per heavy atom. The van der Waals surface area contributed by atoms with Gasteiger partial charge in [-0.25, -0.2) is 0 Å². The minimum atomic E-state index is -0.158. The molecule has 0 aliphatic heterocycles. The summed E-state index contributed by atoms with van der Waals surface area (Å²) < 4.78 is 6.31. The minimum Gasteiger partial charge on any atom is -0.456 e. The highest BCUT2D eigenvalue weighted by Gasteiger charge is 2.39. The summed E-state index contributed by atoms with van der Waals surface area (Å²) in [6, 6.07) is 72.8. The van der Waals surface area contributed by atoms with Crippen molar-refractivity contribution in [3.8, 4) is 55.6 Å². The molecule has 0 amide bonds. The van der Waals surface area contributed by atoms with Crippen molar-refractivity contribution in [2.45, 2.75) is 38.5 Å². The first-order valence-electron chi connectivity index (χ1n) is 23.0. The highest BCUT2D eigenvalue weighted by molar-refractivity contribution is 6.24. The number of hydrogen-bond donors (Lipinski definition) is 0. The molecule has 2 aliphatic carbocycles. The van der Waals surface area contributed by atoms with Gasteiger partial charge in [-0.15, -0.1) is 0 Å². The number of fused-ring (bicyclic) bond motifs is 15. The molecule has 0 saturated carbocycles. The Morgan fingerprint density at radius 3 is 1.63 bits per heavy atom. The Kier molecular flexibility index (Phi) is 7.30. The molecule has 12 aromatic rings. The van der Waals surface area contributed by atoms with Crippen molar-refractivity contribution in [3.63, 3.8) is 0 Å². The van der Waals surface area contributed by atoms with Crippen LogP contribution in [0.4, 0.5) is 0 Å². The molecule has 306 valence electrons. The van der Waals surface area contributed by atoms with Crippen LogP contribution in [0.1, 0.15) is 49.9 Å². The summed E-state index contributed by atoms with van der Waals surface area (Å²) >= 11 is 0. The molecule has 1 nitrogen and oxygen atoms in total. The lowest BCUT2D eigenvalue weighted by Crippen LogP contribution is -2.15. The second-order valence-corrected chi connectivity index (χ2v) is 19.5. The molecular weight excluding hydrogens is 785 g/mol. The minimum absolute atomic E-state index is 0.151. The number of benzene rings is 11. The van der Waals surface area contributed by atoms with Crippen LogP contribution in [0.3, 0.4) is 0 Å². The molecule has 11 aromatic carbocycles. The fourth-order valence-electron chi connectivity index (χ4n) is 12.4. The van der Waals surface area contributed by atoms with E-state index in [2.05, 4.69) is 222 Å². The Bertz CT molecular complexity index is 4000. The van der Waals surface area contributed by atoms with Crippen LogP contribution in [0.5, 0.6) is 0 Å². The maximum absolute atomic E-state index is 6.31. The van der Waals surface area contributed by atoms with Gasteiger partial charge in [0.2, 0.25) is 0 Å². The molecule has 1 heterocycles. The van der Waals surface area contributed by atoms with Crippen LogP contribution in [-0.2, 0) is 10.8 Å². The monoisotopic (exact) mass is 828 g/mol. The summed E-state index contributed by atoms with van der Waals surface area (Å²) in [7, 11) is 0. The number of furan rings is 1. The van der Waals surface area contributed by atoms with Gasteiger partial charge >= 0.3 is 0 Å². The summed E-state index contributed by atoms with van der Waals surface area (Å²) in [6.45, 7) is 9.58. The van der Waals surface area contributed by atoms with Crippen LogP contribution in [0, 0.1) is 0 Å². The molecule has 1 heteroatoms. The van der Waals surface area contributed by atoms with Crippen LogP contribution < -0.4 is 0 Å². The van der Waals surface area contributed by atoms with Crippen molar-refractivity contribution < 1.29 is 4.42 Å². The molecular formula is C64H44O. The van der Waals surface area contributed by atoms with Gasteiger partial charge in [-0.3, -0.25) is 0 Å². The first kappa shape index (κ1) is 36.7. The molecule has 0 radical (unpaired) electrons. The van der Waals surface area contributed by atoms with Crippen LogP contribution in [0.15, 0.2) is 199 Å². The van der Waals surface area contributed by atoms with Gasteiger partial charge < -0.3 is 4.42 Å². The van der Waals surface area contributed by atoms with E-state index in [-0.39, 0.29) is 10.8 Å². The van der Waals surface area contributed by atoms with Crippen molar-refractivity contribution in [1.29, 1.82) is 0 Å². The topological polar surface area (TPSA) is 13.1 Å². The van der Waals surface area contributed by atoms with E-state index in [0.717, 1.165) is 11.2 Å². The van der Waals surface area contributed by atoms with Gasteiger partial charge in [-0.1, -0.05) is 191 Å². The maximum atomic E-state index is 6.31. The lowest BCUT2D eigenvalue weighted by atomic mass is 9.79. The quantitative estimate of drug-likeness (QED) is 0.162. The SMILES string of the molecule is CC1(C)c2ccc(-c3c4ccccc4c(-c4cccc5ccccc45)c4ccccc34)cc2-c2ccc(-c3ccc4c(c3)-c3ccc5c(ccc6oc7ccccc7c65)c3C4(C)C)cc21. The van der Waals surface area contributed by atoms with Crippen molar-refractivity contribution in [2.24, 2.45) is 0 Å². The van der Waals surface area contributed by atoms with Crippen LogP contribution >= 0.6 is 0 Å². The average Bonchev–Trinajstić information content (AvgIpc) is 3.92. The average molecular weight is 829 g/mol. The molecule has 0 spiro atoms. The molecule has 0 atom stereocenters. The second-order valence-electron chi connectivity index (χ2n) is 19.5. The van der Waals surface area contributed by atoms with Crippen molar-refractivity contribution in [1.82, 2.24) is 0 Å². The van der Waals surface area contributed by atoms with E-state index >= 15 is 0 Å². The standard InChI is InChI=1S/C64H44O/c1-63(2)54-32-26-40(59-44-17-7-9-19-46(44)60(47-20-10-8-18-45(47)59)43-22-13-15-37-14-5-6-16-41(37)43)35-52(54)42-27-24-39(36-56(42)63)38-25-31-55-53(34-38)50-29-28-48-49(62(50)64(55,3)4)30-33-58-61(48)51-21-11-12-23-57(51)65-58/h5-36H,1-4H3. The molecule has 2 aliphatic rings. The maximum Gasteiger partial charge on any atom is 0.136 e. The van der Waals surface area contributed by atoms with E-state index < -0.39 is 0 Å². The van der Waals surface area contributed by atoms with Gasteiger partial charge in [0.25, 0.3) is 0 Å². The molecule has 0 unspecified atom stereocenters. The van der Waals surface area contributed by atoms with E-state index in [1.807, 2.05) is 0 Å². The summed E-state index contributed by atoms with van der Waals surface area (Å²) in [4.78, 5) is 0. The Morgan fingerprint density at radius 1 is 0.308 bits per heavy atom. The highest BCUT2D eigenvalue weighted by atomic mass is 16.3. The zero-order chi connectivity index (χ0) is 43.3. The molecule has 0 bridgehead atoms. The van der Waals surface area contributed by atoms with E-state index in [1.54, 1.807) is 0 Å². The van der Waals surface area contributed by atoms with Crippen molar-refractivity contribution in [2.75, 3.05) is 0 Å². The zero-order valence-corrected chi connectivity index (χ0v) is 36.9. The van der Waals surface area contributed by atoms with Gasteiger partial charge in [-0.2, -0.15) is 0 Å². The first-order chi connectivity index (χ1) is 31.8. The predicted molar refractivity (Wildman–Crippen MR) is 275 cm³/mol. The first-order valence-corrected chi connectivity index (χ1v) is 23.0. The van der Waals surface area contributed by atoms with Gasteiger partial charge in [0, 0.05) is 21.6 Å². The lowest BCUT2D eigenvalue weighted by Gasteiger charge is -2.23.